The molecule has 1 aromatic carbocycles. The topological polar surface area (TPSA) is 127 Å². The Bertz CT molecular complexity index is 1130. The maximum absolute atomic E-state index is 13.2. The van der Waals surface area contributed by atoms with E-state index in [1.807, 2.05) is 0 Å². The number of nitrogens with one attached hydrogen (secondary N) is 2. The van der Waals surface area contributed by atoms with E-state index in [4.69, 9.17) is 16.0 Å². The third-order valence-electron chi connectivity index (χ3n) is 3.70. The molecule has 152 valence electrons. The molecule has 0 spiro atoms. The van der Waals surface area contributed by atoms with Gasteiger partial charge in [0.15, 0.2) is 0 Å². The number of hydrogen-bond acceptors (Lipinski definition) is 7. The fourth-order valence-corrected chi connectivity index (χ4v) is 3.50. The molecule has 2 heterocycles. The third kappa shape index (κ3) is 5.34. The molecule has 0 aliphatic rings. The molecule has 1 amide bonds. The number of rotatable bonds is 7. The predicted molar refractivity (Wildman–Crippen MR) is 99.9 cm³/mol. The first-order valence-electron chi connectivity index (χ1n) is 8.21. The molecule has 0 fully saturated rings. The standard InChI is InChI=1S/C17H15ClFN5O4S/c1-10-23-24-16(28-10)9-21-17(25)11-2-3-12(20-7-11)8-22-29(26,27)13-4-5-15(19)14(18)6-13/h2-7,22H,8-9H2,1H3,(H,21,25). The number of aromatic nitrogens is 3. The van der Waals surface area contributed by atoms with Gasteiger partial charge in [0.2, 0.25) is 21.8 Å². The Hall–Kier alpha value is -2.89. The van der Waals surface area contributed by atoms with Crippen LogP contribution in [0, 0.1) is 12.7 Å². The summed E-state index contributed by atoms with van der Waals surface area (Å²) in [5.74, 6) is -0.446. The summed E-state index contributed by atoms with van der Waals surface area (Å²) in [5, 5.41) is 9.74. The second-order valence-electron chi connectivity index (χ2n) is 5.84. The van der Waals surface area contributed by atoms with E-state index < -0.39 is 21.7 Å². The summed E-state index contributed by atoms with van der Waals surface area (Å²) in [6, 6.07) is 6.10. The number of nitrogens with zero attached hydrogens (tertiary/aromatic N) is 3. The van der Waals surface area contributed by atoms with Crippen molar-refractivity contribution in [1.82, 2.24) is 25.2 Å². The van der Waals surface area contributed by atoms with Crippen LogP contribution < -0.4 is 10.0 Å². The van der Waals surface area contributed by atoms with Gasteiger partial charge in [-0.05, 0) is 30.3 Å². The summed E-state index contributed by atoms with van der Waals surface area (Å²) in [5.41, 5.74) is 0.657. The molecule has 3 aromatic rings. The molecule has 0 bridgehead atoms. The van der Waals surface area contributed by atoms with E-state index in [1.165, 1.54) is 18.3 Å². The summed E-state index contributed by atoms with van der Waals surface area (Å²) in [4.78, 5) is 16.0. The van der Waals surface area contributed by atoms with E-state index in [-0.39, 0.29) is 34.5 Å². The van der Waals surface area contributed by atoms with Gasteiger partial charge in [0.25, 0.3) is 5.91 Å². The van der Waals surface area contributed by atoms with E-state index in [2.05, 4.69) is 25.2 Å². The van der Waals surface area contributed by atoms with Gasteiger partial charge in [-0.2, -0.15) is 0 Å². The highest BCUT2D eigenvalue weighted by Gasteiger charge is 2.16. The predicted octanol–water partition coefficient (Wildman–Crippen LogP) is 1.97. The highest BCUT2D eigenvalue weighted by atomic mass is 35.5. The van der Waals surface area contributed by atoms with Crippen molar-refractivity contribution in [3.63, 3.8) is 0 Å². The Labute approximate surface area is 170 Å². The first kappa shape index (κ1) is 20.8. The molecule has 9 nitrogen and oxygen atoms in total. The Morgan fingerprint density at radius 3 is 2.62 bits per heavy atom. The zero-order valence-corrected chi connectivity index (χ0v) is 16.6. The molecule has 29 heavy (non-hydrogen) atoms. The van der Waals surface area contributed by atoms with Crippen LogP contribution >= 0.6 is 11.6 Å². The fraction of sp³-hybridized carbons (Fsp3) is 0.176. The van der Waals surface area contributed by atoms with Gasteiger partial charge in [-0.25, -0.2) is 17.5 Å². The molecular formula is C17H15ClFN5O4S. The second-order valence-corrected chi connectivity index (χ2v) is 8.01. The fourth-order valence-electron chi connectivity index (χ4n) is 2.23. The van der Waals surface area contributed by atoms with Crippen LogP contribution in [-0.4, -0.2) is 29.5 Å². The Morgan fingerprint density at radius 2 is 2.00 bits per heavy atom. The van der Waals surface area contributed by atoms with E-state index >= 15 is 0 Å². The number of benzene rings is 1. The summed E-state index contributed by atoms with van der Waals surface area (Å²) in [7, 11) is -3.91. The normalized spacial score (nSPS) is 11.4. The summed E-state index contributed by atoms with van der Waals surface area (Å²) < 4.78 is 45.2. The quantitative estimate of drug-likeness (QED) is 0.576. The van der Waals surface area contributed by atoms with Crippen LogP contribution in [0.5, 0.6) is 0 Å². The molecule has 2 N–H and O–H groups in total. The minimum atomic E-state index is -3.91. The first-order valence-corrected chi connectivity index (χ1v) is 10.1. The minimum Gasteiger partial charge on any atom is -0.424 e. The number of aryl methyl sites for hydroxylation is 1. The van der Waals surface area contributed by atoms with Gasteiger partial charge >= 0.3 is 0 Å². The van der Waals surface area contributed by atoms with E-state index in [0.717, 1.165) is 18.2 Å². The summed E-state index contributed by atoms with van der Waals surface area (Å²) in [6.07, 6.45) is 1.31. The molecular weight excluding hydrogens is 425 g/mol. The highest BCUT2D eigenvalue weighted by Crippen LogP contribution is 2.19. The van der Waals surface area contributed by atoms with Crippen LogP contribution in [0.1, 0.15) is 27.8 Å². The molecule has 0 saturated carbocycles. The van der Waals surface area contributed by atoms with Crippen molar-refractivity contribution in [1.29, 1.82) is 0 Å². The lowest BCUT2D eigenvalue weighted by Crippen LogP contribution is -2.25. The lowest BCUT2D eigenvalue weighted by atomic mass is 10.2. The van der Waals surface area contributed by atoms with Crippen molar-refractivity contribution in [2.45, 2.75) is 24.9 Å². The second kappa shape index (κ2) is 8.64. The van der Waals surface area contributed by atoms with Crippen LogP contribution in [-0.2, 0) is 23.1 Å². The molecule has 2 aromatic heterocycles. The van der Waals surface area contributed by atoms with E-state index in [0.29, 0.717) is 11.6 Å². The maximum atomic E-state index is 13.2. The average molecular weight is 440 g/mol. The first-order chi connectivity index (χ1) is 13.7. The molecule has 12 heteroatoms. The Kier molecular flexibility index (Phi) is 6.20. The van der Waals surface area contributed by atoms with Crippen molar-refractivity contribution in [3.05, 3.63) is 70.4 Å². The molecule has 3 rings (SSSR count). The monoisotopic (exact) mass is 439 g/mol. The van der Waals surface area contributed by atoms with Crippen molar-refractivity contribution < 1.29 is 22.0 Å². The number of pyridine rings is 1. The van der Waals surface area contributed by atoms with Gasteiger partial charge in [-0.3, -0.25) is 9.78 Å². The molecule has 0 saturated heterocycles. The molecule has 0 aliphatic heterocycles. The number of amides is 1. The average Bonchev–Trinajstić information content (AvgIpc) is 3.12. The van der Waals surface area contributed by atoms with E-state index in [1.54, 1.807) is 6.92 Å². The van der Waals surface area contributed by atoms with Crippen molar-refractivity contribution in [2.24, 2.45) is 0 Å². The van der Waals surface area contributed by atoms with Crippen molar-refractivity contribution in [3.8, 4) is 0 Å². The Balaban J connectivity index is 1.58. The summed E-state index contributed by atoms with van der Waals surface area (Å²) >= 11 is 5.62. The zero-order chi connectivity index (χ0) is 21.0. The van der Waals surface area contributed by atoms with Crippen LogP contribution in [0.15, 0.2) is 45.8 Å². The lowest BCUT2D eigenvalue weighted by Gasteiger charge is -2.08. The maximum Gasteiger partial charge on any atom is 0.253 e. The van der Waals surface area contributed by atoms with Gasteiger partial charge in [-0.1, -0.05) is 11.6 Å². The number of carbonyl (C=O) groups excluding carboxylic acids is 1. The minimum absolute atomic E-state index is 0.0709. The van der Waals surface area contributed by atoms with Crippen LogP contribution in [0.3, 0.4) is 0 Å². The largest absolute Gasteiger partial charge is 0.424 e. The SMILES string of the molecule is Cc1nnc(CNC(=O)c2ccc(CNS(=O)(=O)c3ccc(F)c(Cl)c3)nc2)o1. The molecule has 0 aliphatic carbocycles. The third-order valence-corrected chi connectivity index (χ3v) is 5.39. The van der Waals surface area contributed by atoms with Gasteiger partial charge in [-0.15, -0.1) is 10.2 Å². The van der Waals surface area contributed by atoms with Gasteiger partial charge in [0, 0.05) is 13.1 Å². The van der Waals surface area contributed by atoms with Crippen LogP contribution in [0.4, 0.5) is 4.39 Å². The van der Waals surface area contributed by atoms with Gasteiger partial charge < -0.3 is 9.73 Å². The van der Waals surface area contributed by atoms with Gasteiger partial charge in [0.1, 0.15) is 5.82 Å². The molecule has 0 unspecified atom stereocenters. The van der Waals surface area contributed by atoms with Crippen LogP contribution in [0.2, 0.25) is 5.02 Å². The number of sulfonamides is 1. The highest BCUT2D eigenvalue weighted by molar-refractivity contribution is 7.89. The zero-order valence-electron chi connectivity index (χ0n) is 15.0. The van der Waals surface area contributed by atoms with E-state index in [9.17, 15) is 17.6 Å². The van der Waals surface area contributed by atoms with Crippen LogP contribution in [0.25, 0.3) is 0 Å². The van der Waals surface area contributed by atoms with Crippen molar-refractivity contribution in [2.75, 3.05) is 0 Å². The van der Waals surface area contributed by atoms with Crippen molar-refractivity contribution >= 4 is 27.5 Å². The number of halogens is 2. The molecule has 0 radical (unpaired) electrons. The number of hydrogen-bond donors (Lipinski definition) is 2. The molecule has 0 atom stereocenters. The summed E-state index contributed by atoms with van der Waals surface area (Å²) in [6.45, 7) is 1.59. The van der Waals surface area contributed by atoms with Gasteiger partial charge in [0.05, 0.1) is 34.3 Å². The Morgan fingerprint density at radius 1 is 1.21 bits per heavy atom. The smallest absolute Gasteiger partial charge is 0.253 e. The number of carbonyl (C=O) groups is 1. The lowest BCUT2D eigenvalue weighted by molar-refractivity contribution is 0.0946.